The number of aliphatic imine (C=N–C) groups is 1. The molecular weight excluding hydrogens is 326 g/mol. The van der Waals surface area contributed by atoms with E-state index in [1.807, 2.05) is 38.2 Å². The van der Waals surface area contributed by atoms with Gasteiger partial charge in [0.25, 0.3) is 0 Å². The zero-order valence-corrected chi connectivity index (χ0v) is 15.5. The number of hydrogen-bond donors (Lipinski definition) is 0. The second-order valence-electron chi connectivity index (χ2n) is 7.06. The van der Waals surface area contributed by atoms with Crippen molar-refractivity contribution in [3.8, 4) is 18.0 Å². The zero-order valence-electron chi connectivity index (χ0n) is 15.5. The molecule has 2 aliphatic rings. The van der Waals surface area contributed by atoms with Gasteiger partial charge in [0.15, 0.2) is 0 Å². The second kappa shape index (κ2) is 7.09. The minimum atomic E-state index is -0.481. The maximum Gasteiger partial charge on any atom is 0.217 e. The van der Waals surface area contributed by atoms with Gasteiger partial charge in [-0.25, -0.2) is 0 Å². The van der Waals surface area contributed by atoms with Crippen LogP contribution in [0, 0.1) is 22.8 Å². The van der Waals surface area contributed by atoms with E-state index in [9.17, 15) is 10.5 Å². The molecule has 1 aromatic rings. The number of ether oxygens (including phenoxy) is 1. The number of benzene rings is 1. The van der Waals surface area contributed by atoms with Crippen molar-refractivity contribution in [2.75, 3.05) is 19.6 Å². The Bertz CT molecular complexity index is 841. The molecule has 134 valence electrons. The first-order chi connectivity index (χ1) is 12.5. The first kappa shape index (κ1) is 17.8. The molecule has 0 aliphatic carbocycles. The fraction of sp³-hybridized carbons (Fsp3) is 0.450. The summed E-state index contributed by atoms with van der Waals surface area (Å²) in [5.41, 5.74) is 1.91. The molecule has 0 unspecified atom stereocenters. The van der Waals surface area contributed by atoms with Crippen molar-refractivity contribution < 1.29 is 4.74 Å². The van der Waals surface area contributed by atoms with Crippen LogP contribution in [0.25, 0.3) is 5.70 Å². The fourth-order valence-corrected chi connectivity index (χ4v) is 3.39. The molecule has 26 heavy (non-hydrogen) atoms. The smallest absolute Gasteiger partial charge is 0.217 e. The zero-order chi connectivity index (χ0) is 18.7. The minimum Gasteiger partial charge on any atom is -0.483 e. The van der Waals surface area contributed by atoms with Crippen LogP contribution in [0.1, 0.15) is 44.7 Å². The fourth-order valence-electron chi connectivity index (χ4n) is 3.39. The SMILES string of the molecule is CCCCN1CCN(C2=CC(C)(C)Oc3ccc(C#N)cc32)/C1=N/C#N. The Kier molecular flexibility index (Phi) is 4.86. The minimum absolute atomic E-state index is 0.481. The number of rotatable bonds is 4. The van der Waals surface area contributed by atoms with E-state index in [-0.39, 0.29) is 0 Å². The summed E-state index contributed by atoms with van der Waals surface area (Å²) in [6.45, 7) is 8.61. The average molecular weight is 349 g/mol. The standard InChI is InChI=1S/C20H23N5O/c1-4-5-8-24-9-10-25(19(24)23-14-22)17-12-20(2,3)26-18-7-6-15(13-21)11-16(17)18/h6-7,11-12H,4-5,8-10H2,1-3H3/b23-19+. The maximum atomic E-state index is 9.27. The molecule has 2 aliphatic heterocycles. The van der Waals surface area contributed by atoms with E-state index < -0.39 is 5.60 Å². The van der Waals surface area contributed by atoms with E-state index in [0.29, 0.717) is 11.5 Å². The number of nitrogens with zero attached hydrogens (tertiary/aromatic N) is 5. The van der Waals surface area contributed by atoms with Gasteiger partial charge >= 0.3 is 0 Å². The van der Waals surface area contributed by atoms with E-state index in [4.69, 9.17) is 4.74 Å². The van der Waals surface area contributed by atoms with Gasteiger partial charge in [-0.05, 0) is 44.5 Å². The van der Waals surface area contributed by atoms with Gasteiger partial charge in [-0.15, -0.1) is 4.99 Å². The number of nitriles is 2. The summed E-state index contributed by atoms with van der Waals surface area (Å²) < 4.78 is 6.06. The summed E-state index contributed by atoms with van der Waals surface area (Å²) in [5.74, 6) is 1.42. The van der Waals surface area contributed by atoms with E-state index in [1.54, 1.807) is 6.07 Å². The highest BCUT2D eigenvalue weighted by molar-refractivity contribution is 5.93. The van der Waals surface area contributed by atoms with E-state index in [0.717, 1.165) is 49.5 Å². The highest BCUT2D eigenvalue weighted by atomic mass is 16.5. The van der Waals surface area contributed by atoms with Gasteiger partial charge in [-0.1, -0.05) is 13.3 Å². The van der Waals surface area contributed by atoms with Gasteiger partial charge in [0.2, 0.25) is 12.2 Å². The Morgan fingerprint density at radius 1 is 1.27 bits per heavy atom. The molecular formula is C20H23N5O. The first-order valence-corrected chi connectivity index (χ1v) is 8.94. The third-order valence-electron chi connectivity index (χ3n) is 4.58. The van der Waals surface area contributed by atoms with E-state index in [1.165, 1.54) is 0 Å². The van der Waals surface area contributed by atoms with Crippen molar-refractivity contribution in [2.45, 2.75) is 39.2 Å². The van der Waals surface area contributed by atoms with E-state index in [2.05, 4.69) is 27.8 Å². The molecule has 3 rings (SSSR count). The first-order valence-electron chi connectivity index (χ1n) is 8.94. The molecule has 2 heterocycles. The summed E-state index contributed by atoms with van der Waals surface area (Å²) in [7, 11) is 0. The average Bonchev–Trinajstić information content (AvgIpc) is 3.01. The van der Waals surface area contributed by atoms with Crippen LogP contribution in [0.15, 0.2) is 29.3 Å². The maximum absolute atomic E-state index is 9.27. The number of fused-ring (bicyclic) bond motifs is 1. The predicted molar refractivity (Wildman–Crippen MR) is 100 cm³/mol. The quantitative estimate of drug-likeness (QED) is 0.779. The van der Waals surface area contributed by atoms with Crippen LogP contribution in [-0.2, 0) is 0 Å². The molecule has 0 aromatic heterocycles. The van der Waals surface area contributed by atoms with Crippen molar-refractivity contribution in [3.05, 3.63) is 35.4 Å². The van der Waals surface area contributed by atoms with Gasteiger partial charge in [0.1, 0.15) is 11.4 Å². The second-order valence-corrected chi connectivity index (χ2v) is 7.06. The largest absolute Gasteiger partial charge is 0.483 e. The number of unbranched alkanes of at least 4 members (excludes halogenated alkanes) is 1. The molecule has 0 N–H and O–H groups in total. The van der Waals surface area contributed by atoms with Crippen molar-refractivity contribution in [3.63, 3.8) is 0 Å². The number of hydrogen-bond acceptors (Lipinski definition) is 4. The molecule has 1 aromatic carbocycles. The summed E-state index contributed by atoms with van der Waals surface area (Å²) in [6.07, 6.45) is 6.14. The van der Waals surface area contributed by atoms with Crippen LogP contribution in [0.4, 0.5) is 0 Å². The summed E-state index contributed by atoms with van der Waals surface area (Å²) in [4.78, 5) is 8.33. The molecule has 0 bridgehead atoms. The van der Waals surface area contributed by atoms with Crippen LogP contribution < -0.4 is 4.74 Å². The summed E-state index contributed by atoms with van der Waals surface area (Å²) in [6, 6.07) is 7.64. The third-order valence-corrected chi connectivity index (χ3v) is 4.58. The van der Waals surface area contributed by atoms with Crippen molar-refractivity contribution in [1.29, 1.82) is 10.5 Å². The van der Waals surface area contributed by atoms with Crippen LogP contribution in [0.5, 0.6) is 5.75 Å². The highest BCUT2D eigenvalue weighted by Crippen LogP contribution is 2.39. The molecule has 0 saturated carbocycles. The number of guanidine groups is 1. The Balaban J connectivity index is 2.04. The lowest BCUT2D eigenvalue weighted by Crippen LogP contribution is -2.37. The normalized spacial score (nSPS) is 19.4. The molecule has 6 nitrogen and oxygen atoms in total. The Morgan fingerprint density at radius 2 is 2.08 bits per heavy atom. The van der Waals surface area contributed by atoms with Crippen LogP contribution in [0.2, 0.25) is 0 Å². The Labute approximate surface area is 154 Å². The molecule has 1 saturated heterocycles. The van der Waals surface area contributed by atoms with Crippen molar-refractivity contribution in [2.24, 2.45) is 4.99 Å². The molecule has 0 atom stereocenters. The van der Waals surface area contributed by atoms with Gasteiger partial charge in [-0.3, -0.25) is 0 Å². The lowest BCUT2D eigenvalue weighted by atomic mass is 9.97. The Hall–Kier alpha value is -2.99. The Morgan fingerprint density at radius 3 is 2.77 bits per heavy atom. The predicted octanol–water partition coefficient (Wildman–Crippen LogP) is 3.32. The van der Waals surface area contributed by atoms with E-state index >= 15 is 0 Å². The van der Waals surface area contributed by atoms with Gasteiger partial charge in [-0.2, -0.15) is 10.5 Å². The molecule has 0 amide bonds. The molecule has 6 heteroatoms. The lowest BCUT2D eigenvalue weighted by Gasteiger charge is -2.35. The molecule has 0 radical (unpaired) electrons. The lowest BCUT2D eigenvalue weighted by molar-refractivity contribution is 0.156. The van der Waals surface area contributed by atoms with Crippen molar-refractivity contribution >= 4 is 11.7 Å². The summed E-state index contributed by atoms with van der Waals surface area (Å²) in [5, 5.41) is 18.5. The van der Waals surface area contributed by atoms with Crippen molar-refractivity contribution in [1.82, 2.24) is 9.80 Å². The monoisotopic (exact) mass is 349 g/mol. The van der Waals surface area contributed by atoms with Crippen LogP contribution in [0.3, 0.4) is 0 Å². The van der Waals surface area contributed by atoms with Gasteiger partial charge in [0.05, 0.1) is 17.3 Å². The third kappa shape index (κ3) is 3.36. The molecule has 0 spiro atoms. The van der Waals surface area contributed by atoms with Gasteiger partial charge < -0.3 is 14.5 Å². The van der Waals surface area contributed by atoms with Crippen LogP contribution in [-0.4, -0.2) is 41.0 Å². The topological polar surface area (TPSA) is 75.7 Å². The highest BCUT2D eigenvalue weighted by Gasteiger charge is 2.35. The van der Waals surface area contributed by atoms with Crippen LogP contribution >= 0.6 is 0 Å². The van der Waals surface area contributed by atoms with Gasteiger partial charge in [0, 0.05) is 25.2 Å². The summed E-state index contributed by atoms with van der Waals surface area (Å²) >= 11 is 0. The molecule has 1 fully saturated rings.